The maximum atomic E-state index is 9.08. The Morgan fingerprint density at radius 3 is 2.50 bits per heavy atom. The summed E-state index contributed by atoms with van der Waals surface area (Å²) in [7, 11) is 0. The van der Waals surface area contributed by atoms with E-state index in [-0.39, 0.29) is 5.75 Å². The first-order valence-corrected chi connectivity index (χ1v) is 4.68. The number of aromatic hydroxyl groups is 1. The SMILES string of the molecule is Oc1ccc(OC2=CCCC=C2)cc1. The van der Waals surface area contributed by atoms with Crippen LogP contribution in [-0.4, -0.2) is 5.11 Å². The number of phenolic OH excluding ortho intramolecular Hbond substituents is 1. The second-order valence-corrected chi connectivity index (χ2v) is 3.18. The second kappa shape index (κ2) is 4.01. The largest absolute Gasteiger partial charge is 0.508 e. The molecule has 1 aliphatic carbocycles. The van der Waals surface area contributed by atoms with Crippen LogP contribution in [0.5, 0.6) is 11.5 Å². The molecule has 0 atom stereocenters. The maximum Gasteiger partial charge on any atom is 0.127 e. The zero-order valence-corrected chi connectivity index (χ0v) is 7.81. The normalized spacial score (nSPS) is 15.0. The van der Waals surface area contributed by atoms with Gasteiger partial charge in [0.1, 0.15) is 17.3 Å². The van der Waals surface area contributed by atoms with Crippen LogP contribution in [0.4, 0.5) is 0 Å². The lowest BCUT2D eigenvalue weighted by atomic mass is 10.2. The molecule has 1 N–H and O–H groups in total. The molecule has 1 aliphatic rings. The summed E-state index contributed by atoms with van der Waals surface area (Å²) in [5.74, 6) is 1.88. The Balaban J connectivity index is 2.07. The summed E-state index contributed by atoms with van der Waals surface area (Å²) in [6.07, 6.45) is 8.24. The molecule has 2 heteroatoms. The van der Waals surface area contributed by atoms with Crippen LogP contribution in [0.15, 0.2) is 48.3 Å². The first kappa shape index (κ1) is 8.88. The maximum absolute atomic E-state index is 9.08. The second-order valence-electron chi connectivity index (χ2n) is 3.18. The minimum atomic E-state index is 0.255. The van der Waals surface area contributed by atoms with Crippen molar-refractivity contribution >= 4 is 0 Å². The molecule has 0 aromatic heterocycles. The van der Waals surface area contributed by atoms with Gasteiger partial charge in [-0.3, -0.25) is 0 Å². The van der Waals surface area contributed by atoms with Gasteiger partial charge < -0.3 is 9.84 Å². The van der Waals surface area contributed by atoms with Gasteiger partial charge in [0.15, 0.2) is 0 Å². The summed E-state index contributed by atoms with van der Waals surface area (Å²) in [6.45, 7) is 0. The molecule has 14 heavy (non-hydrogen) atoms. The van der Waals surface area contributed by atoms with Crippen molar-refractivity contribution in [2.24, 2.45) is 0 Å². The van der Waals surface area contributed by atoms with Gasteiger partial charge in [0, 0.05) is 0 Å². The minimum Gasteiger partial charge on any atom is -0.508 e. The summed E-state index contributed by atoms with van der Waals surface area (Å²) in [5, 5.41) is 9.08. The average Bonchev–Trinajstić information content (AvgIpc) is 2.23. The van der Waals surface area contributed by atoms with E-state index in [1.807, 2.05) is 6.08 Å². The van der Waals surface area contributed by atoms with Crippen LogP contribution in [0.2, 0.25) is 0 Å². The topological polar surface area (TPSA) is 29.5 Å². The van der Waals surface area contributed by atoms with E-state index in [0.29, 0.717) is 0 Å². The minimum absolute atomic E-state index is 0.255. The van der Waals surface area contributed by atoms with Crippen molar-refractivity contribution in [1.29, 1.82) is 0 Å². The van der Waals surface area contributed by atoms with Gasteiger partial charge in [0.05, 0.1) is 0 Å². The highest BCUT2D eigenvalue weighted by molar-refractivity contribution is 5.32. The standard InChI is InChI=1S/C12H12O2/c13-10-6-8-12(9-7-10)14-11-4-2-1-3-5-11/h2,4-9,13H,1,3H2. The van der Waals surface area contributed by atoms with Gasteiger partial charge in [-0.05, 0) is 49.3 Å². The van der Waals surface area contributed by atoms with Crippen molar-refractivity contribution in [3.63, 3.8) is 0 Å². The Morgan fingerprint density at radius 1 is 1.07 bits per heavy atom. The third-order valence-electron chi connectivity index (χ3n) is 2.03. The number of benzene rings is 1. The first-order valence-electron chi connectivity index (χ1n) is 4.68. The van der Waals surface area contributed by atoms with Crippen molar-refractivity contribution < 1.29 is 9.84 Å². The van der Waals surface area contributed by atoms with E-state index in [9.17, 15) is 0 Å². The van der Waals surface area contributed by atoms with Gasteiger partial charge in [-0.15, -0.1) is 0 Å². The van der Waals surface area contributed by atoms with Crippen LogP contribution < -0.4 is 4.74 Å². The smallest absolute Gasteiger partial charge is 0.127 e. The van der Waals surface area contributed by atoms with Crippen LogP contribution >= 0.6 is 0 Å². The van der Waals surface area contributed by atoms with Gasteiger partial charge >= 0.3 is 0 Å². The van der Waals surface area contributed by atoms with E-state index in [1.165, 1.54) is 0 Å². The predicted molar refractivity (Wildman–Crippen MR) is 55.2 cm³/mol. The third-order valence-corrected chi connectivity index (χ3v) is 2.03. The average molecular weight is 188 g/mol. The fraction of sp³-hybridized carbons (Fsp3) is 0.167. The summed E-state index contributed by atoms with van der Waals surface area (Å²) in [5.41, 5.74) is 0. The molecule has 0 heterocycles. The molecule has 0 fully saturated rings. The lowest BCUT2D eigenvalue weighted by Crippen LogP contribution is -1.94. The Bertz CT molecular complexity index is 360. The van der Waals surface area contributed by atoms with Crippen LogP contribution in [0.25, 0.3) is 0 Å². The fourth-order valence-electron chi connectivity index (χ4n) is 1.32. The van der Waals surface area contributed by atoms with Gasteiger partial charge in [-0.1, -0.05) is 6.08 Å². The summed E-state index contributed by atoms with van der Waals surface area (Å²) in [6, 6.07) is 6.72. The third kappa shape index (κ3) is 2.16. The Morgan fingerprint density at radius 2 is 1.86 bits per heavy atom. The molecule has 72 valence electrons. The number of rotatable bonds is 2. The van der Waals surface area contributed by atoms with Crippen molar-refractivity contribution in [3.8, 4) is 11.5 Å². The molecule has 1 aromatic carbocycles. The number of phenols is 1. The molecular weight excluding hydrogens is 176 g/mol. The highest BCUT2D eigenvalue weighted by Gasteiger charge is 1.99. The van der Waals surface area contributed by atoms with Gasteiger partial charge in [0.2, 0.25) is 0 Å². The summed E-state index contributed by atoms with van der Waals surface area (Å²) < 4.78 is 5.57. The van der Waals surface area contributed by atoms with Crippen molar-refractivity contribution in [1.82, 2.24) is 0 Å². The summed E-state index contributed by atoms with van der Waals surface area (Å²) >= 11 is 0. The number of hydrogen-bond donors (Lipinski definition) is 1. The van der Waals surface area contributed by atoms with Crippen LogP contribution in [0.3, 0.4) is 0 Å². The molecule has 0 unspecified atom stereocenters. The molecule has 0 saturated heterocycles. The van der Waals surface area contributed by atoms with Crippen LogP contribution in [0.1, 0.15) is 12.8 Å². The monoisotopic (exact) mass is 188 g/mol. The van der Waals surface area contributed by atoms with E-state index in [1.54, 1.807) is 24.3 Å². The highest BCUT2D eigenvalue weighted by atomic mass is 16.5. The van der Waals surface area contributed by atoms with E-state index in [4.69, 9.17) is 9.84 Å². The van der Waals surface area contributed by atoms with E-state index >= 15 is 0 Å². The lowest BCUT2D eigenvalue weighted by Gasteiger charge is -2.09. The van der Waals surface area contributed by atoms with Gasteiger partial charge in [0.25, 0.3) is 0 Å². The lowest BCUT2D eigenvalue weighted by molar-refractivity contribution is 0.435. The number of ether oxygens (including phenoxy) is 1. The van der Waals surface area contributed by atoms with Gasteiger partial charge in [-0.2, -0.15) is 0 Å². The van der Waals surface area contributed by atoms with E-state index < -0.39 is 0 Å². The molecule has 0 spiro atoms. The van der Waals surface area contributed by atoms with Crippen molar-refractivity contribution in [3.05, 3.63) is 48.3 Å². The van der Waals surface area contributed by atoms with E-state index in [2.05, 4.69) is 12.2 Å². The Kier molecular flexibility index (Phi) is 2.54. The van der Waals surface area contributed by atoms with Gasteiger partial charge in [-0.25, -0.2) is 0 Å². The molecule has 1 aromatic rings. The van der Waals surface area contributed by atoms with Crippen molar-refractivity contribution in [2.75, 3.05) is 0 Å². The van der Waals surface area contributed by atoms with E-state index in [0.717, 1.165) is 24.4 Å². The molecular formula is C12H12O2. The van der Waals surface area contributed by atoms with Crippen LogP contribution in [0, 0.1) is 0 Å². The quantitative estimate of drug-likeness (QED) is 0.773. The zero-order chi connectivity index (χ0) is 9.80. The fourth-order valence-corrected chi connectivity index (χ4v) is 1.32. The molecule has 0 saturated carbocycles. The molecule has 0 bridgehead atoms. The highest BCUT2D eigenvalue weighted by Crippen LogP contribution is 2.20. The number of hydrogen-bond acceptors (Lipinski definition) is 2. The molecule has 0 amide bonds. The zero-order valence-electron chi connectivity index (χ0n) is 7.81. The molecule has 0 radical (unpaired) electrons. The molecule has 2 rings (SSSR count). The Labute approximate surface area is 83.1 Å². The molecule has 2 nitrogen and oxygen atoms in total. The van der Waals surface area contributed by atoms with Crippen LogP contribution in [-0.2, 0) is 0 Å². The number of allylic oxidation sites excluding steroid dienone is 3. The summed E-state index contributed by atoms with van der Waals surface area (Å²) in [4.78, 5) is 0. The Hall–Kier alpha value is -1.70. The predicted octanol–water partition coefficient (Wildman–Crippen LogP) is 3.00. The first-order chi connectivity index (χ1) is 6.84. The molecule has 0 aliphatic heterocycles. The van der Waals surface area contributed by atoms with Crippen molar-refractivity contribution in [2.45, 2.75) is 12.8 Å².